The highest BCUT2D eigenvalue weighted by atomic mass is 16.3. The van der Waals surface area contributed by atoms with Gasteiger partial charge in [-0.25, -0.2) is 0 Å². The molecule has 2 amide bonds. The molecule has 1 atom stereocenters. The summed E-state index contributed by atoms with van der Waals surface area (Å²) in [6.45, 7) is 0.809. The second-order valence-electron chi connectivity index (χ2n) is 8.63. The van der Waals surface area contributed by atoms with Gasteiger partial charge in [-0.1, -0.05) is 24.3 Å². The number of aliphatic hydroxyl groups is 1. The number of nitrogens with two attached hydrogens (primary N) is 1. The Morgan fingerprint density at radius 3 is 2.52 bits per heavy atom. The third-order valence-corrected chi connectivity index (χ3v) is 5.98. The maximum atomic E-state index is 13.1. The topological polar surface area (TPSA) is 116 Å². The summed E-state index contributed by atoms with van der Waals surface area (Å²) in [6.07, 6.45) is 2.94. The van der Waals surface area contributed by atoms with Crippen molar-refractivity contribution in [3.05, 3.63) is 66.0 Å². The van der Waals surface area contributed by atoms with Crippen molar-refractivity contribution in [1.29, 1.82) is 0 Å². The third-order valence-electron chi connectivity index (χ3n) is 5.98. The van der Waals surface area contributed by atoms with E-state index in [0.29, 0.717) is 40.9 Å². The van der Waals surface area contributed by atoms with Crippen LogP contribution in [0.5, 0.6) is 0 Å². The fraction of sp³-hybridized carbons (Fsp3) is 0.200. The van der Waals surface area contributed by atoms with E-state index in [0.717, 1.165) is 16.4 Å². The molecule has 33 heavy (non-hydrogen) atoms. The number of nitrogens with zero attached hydrogens (tertiary/aromatic N) is 2. The minimum Gasteiger partial charge on any atom is -0.398 e. The fourth-order valence-corrected chi connectivity index (χ4v) is 4.67. The molecule has 5 rings (SSSR count). The van der Waals surface area contributed by atoms with Crippen molar-refractivity contribution < 1.29 is 14.7 Å². The number of hydrogen-bond acceptors (Lipinski definition) is 5. The Labute approximate surface area is 190 Å². The van der Waals surface area contributed by atoms with Crippen LogP contribution in [-0.4, -0.2) is 58.1 Å². The average molecular weight is 444 g/mol. The van der Waals surface area contributed by atoms with Crippen LogP contribution in [0.2, 0.25) is 0 Å². The number of carbonyl (C=O) groups excluding carboxylic acids is 2. The van der Waals surface area contributed by atoms with Crippen LogP contribution in [-0.2, 0) is 16.1 Å². The van der Waals surface area contributed by atoms with Crippen LogP contribution in [0, 0.1) is 0 Å². The molecule has 2 aromatic heterocycles. The summed E-state index contributed by atoms with van der Waals surface area (Å²) in [6, 6.07) is 13.1. The number of H-pyrrole nitrogens is 1. The monoisotopic (exact) mass is 443 g/mol. The van der Waals surface area contributed by atoms with Crippen LogP contribution in [0.3, 0.4) is 0 Å². The molecule has 8 nitrogen and oxygen atoms in total. The number of carbonyl (C=O) groups is 2. The molecule has 2 aromatic carbocycles. The molecule has 0 fully saturated rings. The number of nitrogens with one attached hydrogen (secondary N) is 2. The Morgan fingerprint density at radius 2 is 1.76 bits per heavy atom. The molecule has 0 radical (unpaired) electrons. The number of fused-ring (bicyclic) bond motifs is 2. The molecule has 0 saturated heterocycles. The first kappa shape index (κ1) is 21.0. The highest BCUT2D eigenvalue weighted by Gasteiger charge is 2.35. The smallest absolute Gasteiger partial charge is 0.259 e. The molecule has 5 N–H and O–H groups in total. The third kappa shape index (κ3) is 3.49. The predicted molar refractivity (Wildman–Crippen MR) is 129 cm³/mol. The first-order valence-electron chi connectivity index (χ1n) is 10.7. The lowest BCUT2D eigenvalue weighted by Crippen LogP contribution is -2.29. The molecule has 0 saturated carbocycles. The van der Waals surface area contributed by atoms with Crippen molar-refractivity contribution in [3.63, 3.8) is 0 Å². The lowest BCUT2D eigenvalue weighted by molar-refractivity contribution is -0.122. The summed E-state index contributed by atoms with van der Waals surface area (Å²) in [5, 5.41) is 14.5. The Morgan fingerprint density at radius 1 is 1.03 bits per heavy atom. The standard InChI is InChI=1S/C25H25N5O3/c1-29(2)11-14(31)12-30-13-17(21-18(26)7-5-9-20(21)30)23-22(24(32)28-25(23)33)16-10-27-19-8-4-3-6-15(16)19/h3-10,13-14,27,31H,11-12,26H2,1-2H3,(H,28,32,33). The van der Waals surface area contributed by atoms with Crippen LogP contribution in [0.1, 0.15) is 11.1 Å². The zero-order chi connectivity index (χ0) is 23.3. The van der Waals surface area contributed by atoms with Gasteiger partial charge < -0.3 is 25.3 Å². The minimum atomic E-state index is -0.619. The van der Waals surface area contributed by atoms with Gasteiger partial charge in [-0.15, -0.1) is 0 Å². The van der Waals surface area contributed by atoms with Gasteiger partial charge in [0.2, 0.25) is 0 Å². The van der Waals surface area contributed by atoms with Gasteiger partial charge in [-0.05, 0) is 32.3 Å². The lowest BCUT2D eigenvalue weighted by atomic mass is 9.95. The molecular formula is C25H25N5O3. The van der Waals surface area contributed by atoms with Crippen LogP contribution in [0.15, 0.2) is 54.9 Å². The first-order valence-corrected chi connectivity index (χ1v) is 10.7. The number of aromatic amines is 1. The summed E-state index contributed by atoms with van der Waals surface area (Å²) in [7, 11) is 3.79. The Hall–Kier alpha value is -3.88. The van der Waals surface area contributed by atoms with Crippen molar-refractivity contribution in [2.75, 3.05) is 26.4 Å². The molecule has 168 valence electrons. The summed E-state index contributed by atoms with van der Waals surface area (Å²) < 4.78 is 1.89. The summed E-state index contributed by atoms with van der Waals surface area (Å²) in [5.74, 6) is -0.903. The Balaban J connectivity index is 1.75. The number of hydrogen-bond donors (Lipinski definition) is 4. The maximum Gasteiger partial charge on any atom is 0.259 e. The van der Waals surface area contributed by atoms with E-state index in [9.17, 15) is 14.7 Å². The number of para-hydroxylation sites is 1. The van der Waals surface area contributed by atoms with Gasteiger partial charge in [0, 0.05) is 58.6 Å². The van der Waals surface area contributed by atoms with E-state index in [2.05, 4.69) is 10.3 Å². The van der Waals surface area contributed by atoms with E-state index in [1.807, 2.05) is 66.2 Å². The van der Waals surface area contributed by atoms with Crippen molar-refractivity contribution >= 4 is 50.5 Å². The van der Waals surface area contributed by atoms with Crippen LogP contribution in [0.25, 0.3) is 33.0 Å². The van der Waals surface area contributed by atoms with E-state index in [4.69, 9.17) is 5.73 Å². The fourth-order valence-electron chi connectivity index (χ4n) is 4.67. The maximum absolute atomic E-state index is 13.1. The first-order chi connectivity index (χ1) is 15.8. The number of amides is 2. The normalized spacial score (nSPS) is 15.3. The van der Waals surface area contributed by atoms with Gasteiger partial charge in [-0.2, -0.15) is 0 Å². The van der Waals surface area contributed by atoms with Crippen molar-refractivity contribution in [2.24, 2.45) is 0 Å². The largest absolute Gasteiger partial charge is 0.398 e. The second-order valence-corrected chi connectivity index (χ2v) is 8.63. The van der Waals surface area contributed by atoms with Crippen molar-refractivity contribution in [1.82, 2.24) is 19.8 Å². The molecular weight excluding hydrogens is 418 g/mol. The van der Waals surface area contributed by atoms with Crippen LogP contribution in [0.4, 0.5) is 5.69 Å². The van der Waals surface area contributed by atoms with Gasteiger partial charge in [0.15, 0.2) is 0 Å². The summed E-state index contributed by atoms with van der Waals surface area (Å²) in [5.41, 5.74) is 10.4. The van der Waals surface area contributed by atoms with Crippen molar-refractivity contribution in [3.8, 4) is 0 Å². The lowest BCUT2D eigenvalue weighted by Gasteiger charge is -2.17. The van der Waals surface area contributed by atoms with Gasteiger partial charge in [0.25, 0.3) is 11.8 Å². The highest BCUT2D eigenvalue weighted by molar-refractivity contribution is 6.51. The van der Waals surface area contributed by atoms with Gasteiger partial charge in [-0.3, -0.25) is 14.9 Å². The van der Waals surface area contributed by atoms with Gasteiger partial charge in [0.1, 0.15) is 0 Å². The number of nitrogen functional groups attached to an aromatic ring is 1. The number of rotatable bonds is 6. The van der Waals surface area contributed by atoms with Crippen LogP contribution < -0.4 is 11.1 Å². The van der Waals surface area contributed by atoms with Crippen molar-refractivity contribution in [2.45, 2.75) is 12.6 Å². The summed E-state index contributed by atoms with van der Waals surface area (Å²) >= 11 is 0. The Bertz CT molecular complexity index is 1440. The number of aromatic nitrogens is 2. The minimum absolute atomic E-state index is 0.286. The van der Waals surface area contributed by atoms with E-state index in [-0.39, 0.29) is 5.57 Å². The van der Waals surface area contributed by atoms with Gasteiger partial charge >= 0.3 is 0 Å². The van der Waals surface area contributed by atoms with Gasteiger partial charge in [0.05, 0.1) is 22.8 Å². The molecule has 0 aliphatic carbocycles. The molecule has 3 heterocycles. The summed E-state index contributed by atoms with van der Waals surface area (Å²) in [4.78, 5) is 31.1. The van der Waals surface area contributed by atoms with Crippen LogP contribution >= 0.6 is 0 Å². The average Bonchev–Trinajstić information content (AvgIpc) is 3.41. The van der Waals surface area contributed by atoms with E-state index in [1.54, 1.807) is 12.3 Å². The van der Waals surface area contributed by atoms with E-state index < -0.39 is 17.9 Å². The number of anilines is 1. The van der Waals surface area contributed by atoms with E-state index in [1.165, 1.54) is 0 Å². The predicted octanol–water partition coefficient (Wildman–Crippen LogP) is 2.19. The highest BCUT2D eigenvalue weighted by Crippen LogP contribution is 2.39. The second kappa shape index (κ2) is 7.91. The number of imide groups is 1. The van der Waals surface area contributed by atoms with E-state index >= 15 is 0 Å². The molecule has 0 spiro atoms. The molecule has 1 aliphatic rings. The number of likely N-dealkylation sites (N-methyl/N-ethyl adjacent to an activating group) is 1. The zero-order valence-corrected chi connectivity index (χ0v) is 18.4. The SMILES string of the molecule is CN(C)CC(O)Cn1cc(C2=C(c3c[nH]c4ccccc34)C(=O)NC2=O)c2c(N)cccc21. The Kier molecular flexibility index (Phi) is 5.03. The quantitative estimate of drug-likeness (QED) is 0.269. The zero-order valence-electron chi connectivity index (χ0n) is 18.4. The molecule has 0 bridgehead atoms. The number of aliphatic hydroxyl groups excluding tert-OH is 1. The molecule has 4 aromatic rings. The molecule has 1 aliphatic heterocycles. The molecule has 8 heteroatoms. The molecule has 1 unspecified atom stereocenters. The number of benzene rings is 2.